The van der Waals surface area contributed by atoms with Gasteiger partial charge in [0.1, 0.15) is 0 Å². The third-order valence-corrected chi connectivity index (χ3v) is 8.99. The van der Waals surface area contributed by atoms with Crippen molar-refractivity contribution in [3.05, 3.63) is 95.1 Å². The molecule has 246 valence electrons. The Labute approximate surface area is 271 Å². The number of methoxy groups -OCH3 is 1. The Balaban J connectivity index is 1.36. The van der Waals surface area contributed by atoms with E-state index in [2.05, 4.69) is 29.3 Å². The molecule has 2 heterocycles. The Morgan fingerprint density at radius 2 is 1.74 bits per heavy atom. The third kappa shape index (κ3) is 8.40. The first-order chi connectivity index (χ1) is 22.2. The van der Waals surface area contributed by atoms with Crippen LogP contribution in [0.25, 0.3) is 11.1 Å². The number of nitrogens with one attached hydrogen (secondary N) is 1. The van der Waals surface area contributed by atoms with Crippen molar-refractivity contribution in [3.63, 3.8) is 0 Å². The maximum absolute atomic E-state index is 12.4. The van der Waals surface area contributed by atoms with Gasteiger partial charge in [-0.2, -0.15) is 0 Å². The minimum atomic E-state index is -0.854. The number of aliphatic hydroxyl groups excluding tert-OH is 1. The number of hydrogen-bond acceptors (Lipinski definition) is 8. The van der Waals surface area contributed by atoms with E-state index in [9.17, 15) is 14.7 Å². The fourth-order valence-electron chi connectivity index (χ4n) is 6.44. The molecule has 2 aliphatic rings. The Kier molecular flexibility index (Phi) is 11.6. The number of benzene rings is 3. The molecular formula is C37H46N2O7. The number of amides is 1. The molecule has 2 N–H and O–H groups in total. The van der Waals surface area contributed by atoms with Gasteiger partial charge in [0.05, 0.1) is 25.4 Å². The topological polar surface area (TPSA) is 107 Å². The SMILES string of the molecule is COCC1CCCN1CC1OC(c2cccc(-c3cccc(CNC(=O)C(C)OC(C)=O)c3)c2)OC(c2ccc(CO)cc2)C1C. The van der Waals surface area contributed by atoms with Crippen LogP contribution in [0.15, 0.2) is 72.8 Å². The Morgan fingerprint density at radius 3 is 2.46 bits per heavy atom. The Morgan fingerprint density at radius 1 is 1.00 bits per heavy atom. The summed E-state index contributed by atoms with van der Waals surface area (Å²) in [5.41, 5.74) is 5.78. The van der Waals surface area contributed by atoms with Crippen LogP contribution in [0.3, 0.4) is 0 Å². The summed E-state index contributed by atoms with van der Waals surface area (Å²) in [6.07, 6.45) is 0.590. The predicted molar refractivity (Wildman–Crippen MR) is 174 cm³/mol. The summed E-state index contributed by atoms with van der Waals surface area (Å²) >= 11 is 0. The van der Waals surface area contributed by atoms with Crippen molar-refractivity contribution in [2.45, 2.75) is 77.4 Å². The molecule has 0 aromatic heterocycles. The minimum absolute atomic E-state index is 0.000662. The van der Waals surface area contributed by atoms with Gasteiger partial charge >= 0.3 is 5.97 Å². The van der Waals surface area contributed by atoms with Crippen molar-refractivity contribution >= 4 is 11.9 Å². The highest BCUT2D eigenvalue weighted by Crippen LogP contribution is 2.43. The summed E-state index contributed by atoms with van der Waals surface area (Å²) in [6, 6.07) is 24.6. The number of esters is 1. The van der Waals surface area contributed by atoms with Crippen LogP contribution in [0.1, 0.15) is 68.3 Å². The van der Waals surface area contributed by atoms with Crippen molar-refractivity contribution in [1.29, 1.82) is 0 Å². The number of carbonyl (C=O) groups is 2. The van der Waals surface area contributed by atoms with Crippen molar-refractivity contribution in [1.82, 2.24) is 10.2 Å². The number of ether oxygens (including phenoxy) is 4. The molecule has 9 nitrogen and oxygen atoms in total. The molecule has 6 atom stereocenters. The minimum Gasteiger partial charge on any atom is -0.453 e. The molecule has 5 rings (SSSR count). The van der Waals surface area contributed by atoms with E-state index in [0.717, 1.165) is 59.3 Å². The van der Waals surface area contributed by atoms with E-state index in [4.69, 9.17) is 18.9 Å². The zero-order valence-corrected chi connectivity index (χ0v) is 27.2. The van der Waals surface area contributed by atoms with Gasteiger partial charge in [0, 0.05) is 44.6 Å². The molecule has 3 aromatic rings. The highest BCUT2D eigenvalue weighted by Gasteiger charge is 2.40. The van der Waals surface area contributed by atoms with Crippen LogP contribution < -0.4 is 5.32 Å². The lowest BCUT2D eigenvalue weighted by molar-refractivity contribution is -0.276. The second kappa shape index (κ2) is 15.8. The number of likely N-dealkylation sites (tertiary alicyclic amines) is 1. The van der Waals surface area contributed by atoms with Crippen molar-refractivity contribution < 1.29 is 33.6 Å². The van der Waals surface area contributed by atoms with Crippen molar-refractivity contribution in [3.8, 4) is 11.1 Å². The van der Waals surface area contributed by atoms with E-state index in [1.165, 1.54) is 6.92 Å². The highest BCUT2D eigenvalue weighted by molar-refractivity contribution is 5.82. The molecule has 2 fully saturated rings. The summed E-state index contributed by atoms with van der Waals surface area (Å²) in [7, 11) is 1.76. The summed E-state index contributed by atoms with van der Waals surface area (Å²) in [4.78, 5) is 26.1. The lowest BCUT2D eigenvalue weighted by atomic mass is 9.89. The molecule has 46 heavy (non-hydrogen) atoms. The number of aliphatic hydroxyl groups is 1. The van der Waals surface area contributed by atoms with E-state index >= 15 is 0 Å². The van der Waals surface area contributed by atoms with Crippen LogP contribution in [0.4, 0.5) is 0 Å². The standard InChI is InChI=1S/C37H46N2O7/c1-24-34(21-39-17-7-12-33(39)23-43-4)45-37(46-35(24)29-15-13-27(22-40)14-16-29)32-11-6-10-31(19-32)30-9-5-8-28(18-30)20-38-36(42)25(2)44-26(3)41/h5-6,8-11,13-16,18-19,24-25,33-35,37,40H,7,12,17,20-23H2,1-4H3,(H,38,42). The second-order valence-electron chi connectivity index (χ2n) is 12.4. The zero-order chi connectivity index (χ0) is 32.6. The van der Waals surface area contributed by atoms with Gasteiger partial charge in [-0.3, -0.25) is 14.5 Å². The van der Waals surface area contributed by atoms with Gasteiger partial charge < -0.3 is 29.4 Å². The molecule has 0 aliphatic carbocycles. The number of carbonyl (C=O) groups excluding carboxylic acids is 2. The molecule has 2 aliphatic heterocycles. The molecule has 6 unspecified atom stereocenters. The molecular weight excluding hydrogens is 584 g/mol. The number of nitrogens with zero attached hydrogens (tertiary/aromatic N) is 1. The molecule has 3 aromatic carbocycles. The molecule has 1 amide bonds. The first-order valence-corrected chi connectivity index (χ1v) is 16.1. The molecule has 9 heteroatoms. The van der Waals surface area contributed by atoms with E-state index in [1.807, 2.05) is 60.7 Å². The first-order valence-electron chi connectivity index (χ1n) is 16.1. The van der Waals surface area contributed by atoms with Gasteiger partial charge in [-0.1, -0.05) is 67.6 Å². The molecule has 2 saturated heterocycles. The smallest absolute Gasteiger partial charge is 0.303 e. The average molecular weight is 631 g/mol. The maximum atomic E-state index is 12.4. The van der Waals surface area contributed by atoms with E-state index in [1.54, 1.807) is 14.0 Å². The summed E-state index contributed by atoms with van der Waals surface area (Å²) < 4.78 is 24.0. The van der Waals surface area contributed by atoms with E-state index < -0.39 is 18.4 Å². The van der Waals surface area contributed by atoms with Gasteiger partial charge in [-0.15, -0.1) is 0 Å². The summed E-state index contributed by atoms with van der Waals surface area (Å²) in [5, 5.41) is 12.4. The quantitative estimate of drug-likeness (QED) is 0.259. The average Bonchev–Trinajstić information content (AvgIpc) is 3.51. The predicted octanol–water partition coefficient (Wildman–Crippen LogP) is 5.32. The molecule has 0 bridgehead atoms. The van der Waals surface area contributed by atoms with Gasteiger partial charge in [0.25, 0.3) is 5.91 Å². The third-order valence-electron chi connectivity index (χ3n) is 8.99. The van der Waals surface area contributed by atoms with Gasteiger partial charge in [-0.05, 0) is 66.3 Å². The summed E-state index contributed by atoms with van der Waals surface area (Å²) in [6.45, 7) is 7.87. The van der Waals surface area contributed by atoms with Gasteiger partial charge in [-0.25, -0.2) is 0 Å². The van der Waals surface area contributed by atoms with Crippen LogP contribution in [0.5, 0.6) is 0 Å². The largest absolute Gasteiger partial charge is 0.453 e. The van der Waals surface area contributed by atoms with Gasteiger partial charge in [0.2, 0.25) is 0 Å². The zero-order valence-electron chi connectivity index (χ0n) is 27.2. The van der Waals surface area contributed by atoms with Crippen LogP contribution >= 0.6 is 0 Å². The molecule has 0 saturated carbocycles. The monoisotopic (exact) mass is 630 g/mol. The van der Waals surface area contributed by atoms with Crippen molar-refractivity contribution in [2.24, 2.45) is 5.92 Å². The Bertz CT molecular complexity index is 1460. The molecule has 0 spiro atoms. The van der Waals surface area contributed by atoms with Crippen LogP contribution in [0, 0.1) is 5.92 Å². The number of rotatable bonds is 12. The van der Waals surface area contributed by atoms with Gasteiger partial charge in [0.15, 0.2) is 12.4 Å². The second-order valence-corrected chi connectivity index (χ2v) is 12.4. The highest BCUT2D eigenvalue weighted by atomic mass is 16.7. The molecule has 0 radical (unpaired) electrons. The van der Waals surface area contributed by atoms with E-state index in [-0.39, 0.29) is 30.6 Å². The fraction of sp³-hybridized carbons (Fsp3) is 0.459. The van der Waals surface area contributed by atoms with Crippen LogP contribution in [0.2, 0.25) is 0 Å². The lowest BCUT2D eigenvalue weighted by Gasteiger charge is -2.43. The normalized spacial score (nSPS) is 24.0. The van der Waals surface area contributed by atoms with E-state index in [0.29, 0.717) is 19.2 Å². The number of hydrogen-bond donors (Lipinski definition) is 2. The lowest BCUT2D eigenvalue weighted by Crippen LogP contribution is -2.46. The van der Waals surface area contributed by atoms with Crippen LogP contribution in [-0.4, -0.2) is 66.9 Å². The fourth-order valence-corrected chi connectivity index (χ4v) is 6.44. The Hall–Kier alpha value is -3.60. The maximum Gasteiger partial charge on any atom is 0.303 e. The summed E-state index contributed by atoms with van der Waals surface area (Å²) in [5.74, 6) is -0.742. The van der Waals surface area contributed by atoms with Crippen molar-refractivity contribution in [2.75, 3.05) is 26.8 Å². The van der Waals surface area contributed by atoms with Crippen LogP contribution in [-0.2, 0) is 41.7 Å². The first kappa shape index (κ1) is 33.8.